The average Bonchev–Trinajstić information content (AvgIpc) is 1.99. The maximum absolute atomic E-state index is 8.88. The van der Waals surface area contributed by atoms with Gasteiger partial charge >= 0.3 is 0 Å². The standard InChI is InChI=1S/C9H12O2/c1-4-9(11)6-5-7(2)8(3)10/h4-6,10-11H,1,3H2,2H3/b7-5+,9-6+. The lowest BCUT2D eigenvalue weighted by molar-refractivity contribution is 0.425. The zero-order chi connectivity index (χ0) is 8.85. The van der Waals surface area contributed by atoms with Crippen LogP contribution < -0.4 is 0 Å². The van der Waals surface area contributed by atoms with Crippen LogP contribution in [0.1, 0.15) is 6.92 Å². The lowest BCUT2D eigenvalue weighted by Gasteiger charge is -1.93. The summed E-state index contributed by atoms with van der Waals surface area (Å²) in [6.07, 6.45) is 4.30. The normalized spacial score (nSPS) is 12.8. The number of hydrogen-bond donors (Lipinski definition) is 2. The monoisotopic (exact) mass is 152 g/mol. The van der Waals surface area contributed by atoms with Crippen LogP contribution in [0, 0.1) is 0 Å². The predicted octanol–water partition coefficient (Wildman–Crippen LogP) is 2.63. The molecule has 0 unspecified atom stereocenters. The lowest BCUT2D eigenvalue weighted by Crippen LogP contribution is -1.79. The van der Waals surface area contributed by atoms with E-state index in [2.05, 4.69) is 13.2 Å². The van der Waals surface area contributed by atoms with Crippen molar-refractivity contribution in [3.63, 3.8) is 0 Å². The van der Waals surface area contributed by atoms with Crippen LogP contribution in [0.25, 0.3) is 0 Å². The van der Waals surface area contributed by atoms with Crippen LogP contribution in [0.15, 0.2) is 48.5 Å². The van der Waals surface area contributed by atoms with Gasteiger partial charge in [0.25, 0.3) is 0 Å². The summed E-state index contributed by atoms with van der Waals surface area (Å²) in [7, 11) is 0. The van der Waals surface area contributed by atoms with Crippen LogP contribution in [-0.2, 0) is 0 Å². The second kappa shape index (κ2) is 4.39. The Balaban J connectivity index is 4.34. The second-order valence-corrected chi connectivity index (χ2v) is 2.09. The third-order valence-electron chi connectivity index (χ3n) is 1.17. The number of aliphatic hydroxyl groups is 2. The Morgan fingerprint density at radius 3 is 2.18 bits per heavy atom. The first-order chi connectivity index (χ1) is 5.07. The summed E-state index contributed by atoms with van der Waals surface area (Å²) in [6.45, 7) is 8.35. The molecule has 0 aliphatic carbocycles. The van der Waals surface area contributed by atoms with E-state index >= 15 is 0 Å². The molecule has 0 fully saturated rings. The summed E-state index contributed by atoms with van der Waals surface area (Å²) in [5.41, 5.74) is 0.610. The first-order valence-corrected chi connectivity index (χ1v) is 3.16. The van der Waals surface area contributed by atoms with Gasteiger partial charge in [-0.1, -0.05) is 19.2 Å². The predicted molar refractivity (Wildman–Crippen MR) is 46.4 cm³/mol. The largest absolute Gasteiger partial charge is 0.508 e. The molecule has 0 radical (unpaired) electrons. The van der Waals surface area contributed by atoms with Crippen molar-refractivity contribution >= 4 is 0 Å². The first kappa shape index (κ1) is 9.56. The highest BCUT2D eigenvalue weighted by atomic mass is 16.3. The van der Waals surface area contributed by atoms with E-state index < -0.39 is 0 Å². The molecule has 0 saturated carbocycles. The van der Waals surface area contributed by atoms with E-state index in [4.69, 9.17) is 10.2 Å². The van der Waals surface area contributed by atoms with E-state index in [9.17, 15) is 0 Å². The van der Waals surface area contributed by atoms with Gasteiger partial charge in [0.1, 0.15) is 11.5 Å². The molecule has 0 aliphatic heterocycles. The molecule has 2 N–H and O–H groups in total. The fourth-order valence-electron chi connectivity index (χ4n) is 0.375. The van der Waals surface area contributed by atoms with Gasteiger partial charge in [0.05, 0.1) is 0 Å². The summed E-state index contributed by atoms with van der Waals surface area (Å²) in [6, 6.07) is 0. The lowest BCUT2D eigenvalue weighted by atomic mass is 10.2. The van der Waals surface area contributed by atoms with E-state index in [1.54, 1.807) is 13.0 Å². The number of aliphatic hydroxyl groups excluding tert-OH is 2. The van der Waals surface area contributed by atoms with Crippen molar-refractivity contribution in [3.05, 3.63) is 48.5 Å². The molecule has 0 saturated heterocycles. The van der Waals surface area contributed by atoms with Crippen molar-refractivity contribution in [2.45, 2.75) is 6.92 Å². The van der Waals surface area contributed by atoms with Gasteiger partial charge in [-0.2, -0.15) is 0 Å². The van der Waals surface area contributed by atoms with Crippen LogP contribution in [0.3, 0.4) is 0 Å². The molecule has 0 aliphatic rings. The van der Waals surface area contributed by atoms with Crippen LogP contribution in [-0.4, -0.2) is 10.2 Å². The SMILES string of the molecule is C=C/C(O)=C\C=C(/C)C(=C)O. The molecule has 2 nitrogen and oxygen atoms in total. The molecule has 0 spiro atoms. The number of allylic oxidation sites excluding steroid dienone is 4. The van der Waals surface area contributed by atoms with Gasteiger partial charge in [0.2, 0.25) is 0 Å². The van der Waals surface area contributed by atoms with Crippen molar-refractivity contribution in [2.75, 3.05) is 0 Å². The van der Waals surface area contributed by atoms with Gasteiger partial charge in [-0.3, -0.25) is 0 Å². The minimum Gasteiger partial charge on any atom is -0.508 e. The molecule has 2 heteroatoms. The van der Waals surface area contributed by atoms with Gasteiger partial charge in [-0.05, 0) is 24.6 Å². The summed E-state index contributed by atoms with van der Waals surface area (Å²) >= 11 is 0. The minimum atomic E-state index is -0.00175. The molecule has 60 valence electrons. The van der Waals surface area contributed by atoms with Crippen molar-refractivity contribution in [1.29, 1.82) is 0 Å². The van der Waals surface area contributed by atoms with Crippen molar-refractivity contribution in [1.82, 2.24) is 0 Å². The van der Waals surface area contributed by atoms with Crippen LogP contribution >= 0.6 is 0 Å². The van der Waals surface area contributed by atoms with Crippen molar-refractivity contribution in [2.24, 2.45) is 0 Å². The third-order valence-corrected chi connectivity index (χ3v) is 1.17. The molecule has 0 aromatic heterocycles. The van der Waals surface area contributed by atoms with Crippen LogP contribution in [0.5, 0.6) is 0 Å². The van der Waals surface area contributed by atoms with Crippen molar-refractivity contribution < 1.29 is 10.2 Å². The average molecular weight is 152 g/mol. The Labute approximate surface area is 66.5 Å². The highest BCUT2D eigenvalue weighted by molar-refractivity contribution is 5.26. The van der Waals surface area contributed by atoms with Gasteiger partial charge in [-0.25, -0.2) is 0 Å². The topological polar surface area (TPSA) is 40.5 Å². The Morgan fingerprint density at radius 1 is 1.27 bits per heavy atom. The molecule has 0 heterocycles. The number of rotatable bonds is 3. The molecule has 0 aromatic rings. The van der Waals surface area contributed by atoms with Gasteiger partial charge in [0, 0.05) is 0 Å². The minimum absolute atomic E-state index is 0.00175. The molecule has 0 bridgehead atoms. The van der Waals surface area contributed by atoms with Crippen LogP contribution in [0.4, 0.5) is 0 Å². The fourth-order valence-corrected chi connectivity index (χ4v) is 0.375. The van der Waals surface area contributed by atoms with Gasteiger partial charge < -0.3 is 10.2 Å². The Kier molecular flexibility index (Phi) is 3.81. The Hall–Kier alpha value is -1.44. The van der Waals surface area contributed by atoms with E-state index in [0.717, 1.165) is 0 Å². The summed E-state index contributed by atoms with van der Waals surface area (Å²) in [5.74, 6) is 0.0590. The molecule has 0 rings (SSSR count). The van der Waals surface area contributed by atoms with E-state index in [1.165, 1.54) is 12.2 Å². The molecule has 11 heavy (non-hydrogen) atoms. The zero-order valence-electron chi connectivity index (χ0n) is 6.54. The highest BCUT2D eigenvalue weighted by Crippen LogP contribution is 2.03. The Morgan fingerprint density at radius 2 is 1.82 bits per heavy atom. The Bertz CT molecular complexity index is 222. The molecular weight excluding hydrogens is 140 g/mol. The quantitative estimate of drug-likeness (QED) is 0.482. The summed E-state index contributed by atoms with van der Waals surface area (Å²) in [5, 5.41) is 17.7. The highest BCUT2D eigenvalue weighted by Gasteiger charge is 1.88. The fraction of sp³-hybridized carbons (Fsp3) is 0.111. The molecule has 0 amide bonds. The van der Waals surface area contributed by atoms with Crippen molar-refractivity contribution in [3.8, 4) is 0 Å². The summed E-state index contributed by atoms with van der Waals surface area (Å²) < 4.78 is 0. The maximum atomic E-state index is 8.88. The van der Waals surface area contributed by atoms with Crippen LogP contribution in [0.2, 0.25) is 0 Å². The van der Waals surface area contributed by atoms with Gasteiger partial charge in [0.15, 0.2) is 0 Å². The number of hydrogen-bond acceptors (Lipinski definition) is 2. The van der Waals surface area contributed by atoms with Gasteiger partial charge in [-0.15, -0.1) is 0 Å². The third kappa shape index (κ3) is 4.03. The van der Waals surface area contributed by atoms with E-state index in [0.29, 0.717) is 5.57 Å². The van der Waals surface area contributed by atoms with E-state index in [-0.39, 0.29) is 11.5 Å². The summed E-state index contributed by atoms with van der Waals surface area (Å²) in [4.78, 5) is 0. The first-order valence-electron chi connectivity index (χ1n) is 3.16. The second-order valence-electron chi connectivity index (χ2n) is 2.09. The van der Waals surface area contributed by atoms with E-state index in [1.807, 2.05) is 0 Å². The molecular formula is C9H12O2. The molecule has 0 aromatic carbocycles. The smallest absolute Gasteiger partial charge is 0.114 e. The maximum Gasteiger partial charge on any atom is 0.114 e. The zero-order valence-corrected chi connectivity index (χ0v) is 6.54. The molecule has 0 atom stereocenters.